The van der Waals surface area contributed by atoms with E-state index in [9.17, 15) is 14.7 Å². The smallest absolute Gasteiger partial charge is 0.338 e. The number of rotatable bonds is 10. The van der Waals surface area contributed by atoms with Gasteiger partial charge in [-0.2, -0.15) is 0 Å². The maximum Gasteiger partial charge on any atom is 0.338 e. The van der Waals surface area contributed by atoms with Gasteiger partial charge >= 0.3 is 11.9 Å². The molecule has 6 heteroatoms. The van der Waals surface area contributed by atoms with Gasteiger partial charge < -0.3 is 15.6 Å². The van der Waals surface area contributed by atoms with Crippen molar-refractivity contribution in [3.63, 3.8) is 0 Å². The fourth-order valence-electron chi connectivity index (χ4n) is 2.22. The highest BCUT2D eigenvalue weighted by Crippen LogP contribution is 2.18. The van der Waals surface area contributed by atoms with Gasteiger partial charge in [0.05, 0.1) is 0 Å². The second-order valence-corrected chi connectivity index (χ2v) is 5.05. The van der Waals surface area contributed by atoms with Crippen molar-refractivity contribution in [3.05, 3.63) is 35.9 Å². The summed E-state index contributed by atoms with van der Waals surface area (Å²) in [5.74, 6) is -1.98. The van der Waals surface area contributed by atoms with Crippen LogP contribution in [-0.4, -0.2) is 35.7 Å². The number of benzene rings is 1. The van der Waals surface area contributed by atoms with Gasteiger partial charge in [0.15, 0.2) is 0 Å². The normalized spacial score (nSPS) is 13.4. The number of hydrogen-bond donors (Lipinski definition) is 3. The monoisotopic (exact) mass is 308 g/mol. The summed E-state index contributed by atoms with van der Waals surface area (Å²) in [6.07, 6.45) is 1.35. The zero-order valence-corrected chi connectivity index (χ0v) is 12.9. The molecule has 0 fully saturated rings. The van der Waals surface area contributed by atoms with E-state index in [2.05, 4.69) is 5.32 Å². The van der Waals surface area contributed by atoms with Crippen molar-refractivity contribution in [1.82, 2.24) is 5.32 Å². The van der Waals surface area contributed by atoms with Gasteiger partial charge in [0.2, 0.25) is 5.54 Å². The fourth-order valence-corrected chi connectivity index (χ4v) is 2.22. The molecule has 0 saturated carbocycles. The van der Waals surface area contributed by atoms with Crippen molar-refractivity contribution >= 4 is 11.9 Å². The van der Waals surface area contributed by atoms with Gasteiger partial charge in [-0.25, -0.2) is 9.59 Å². The highest BCUT2D eigenvalue weighted by atomic mass is 16.5. The summed E-state index contributed by atoms with van der Waals surface area (Å²) in [7, 11) is 0. The number of carboxylic acid groups (broad SMARTS) is 1. The highest BCUT2D eigenvalue weighted by molar-refractivity contribution is 6.04. The molecule has 0 aromatic heterocycles. The van der Waals surface area contributed by atoms with Crippen molar-refractivity contribution in [2.45, 2.75) is 38.3 Å². The number of carboxylic acids is 1. The van der Waals surface area contributed by atoms with E-state index >= 15 is 0 Å². The second-order valence-electron chi connectivity index (χ2n) is 5.05. The molecule has 122 valence electrons. The molecule has 0 aliphatic carbocycles. The SMILES string of the molecule is CCN[C@@](CCCCN)(C(=O)O)C(=O)OCc1ccccc1. The molecule has 0 unspecified atom stereocenters. The number of esters is 1. The fraction of sp³-hybridized carbons (Fsp3) is 0.500. The number of unbranched alkanes of at least 4 members (excludes halogenated alkanes) is 1. The molecular formula is C16H24N2O4. The molecular weight excluding hydrogens is 284 g/mol. The first-order chi connectivity index (χ1) is 10.6. The maximum atomic E-state index is 12.4. The van der Waals surface area contributed by atoms with Gasteiger partial charge in [-0.3, -0.25) is 5.32 Å². The van der Waals surface area contributed by atoms with Crippen molar-refractivity contribution < 1.29 is 19.4 Å². The minimum absolute atomic E-state index is 0.0526. The van der Waals surface area contributed by atoms with E-state index in [0.29, 0.717) is 25.9 Å². The molecule has 1 aromatic carbocycles. The predicted octanol–water partition coefficient (Wildman–Crippen LogP) is 1.29. The Labute approximate surface area is 130 Å². The minimum atomic E-state index is -1.71. The average Bonchev–Trinajstić information content (AvgIpc) is 2.52. The Hall–Kier alpha value is -1.92. The van der Waals surface area contributed by atoms with E-state index in [1.807, 2.05) is 30.3 Å². The quantitative estimate of drug-likeness (QED) is 0.342. The van der Waals surface area contributed by atoms with Crippen LogP contribution in [0.2, 0.25) is 0 Å². The number of ether oxygens (including phenoxy) is 1. The lowest BCUT2D eigenvalue weighted by Gasteiger charge is -2.28. The summed E-state index contributed by atoms with van der Waals surface area (Å²) in [5, 5.41) is 12.3. The Morgan fingerprint density at radius 3 is 2.50 bits per heavy atom. The van der Waals surface area contributed by atoms with Crippen LogP contribution in [0.4, 0.5) is 0 Å². The van der Waals surface area contributed by atoms with E-state index in [4.69, 9.17) is 10.5 Å². The Balaban J connectivity index is 2.79. The Kier molecular flexibility index (Phi) is 7.56. The van der Waals surface area contributed by atoms with E-state index < -0.39 is 17.5 Å². The number of nitrogens with one attached hydrogen (secondary N) is 1. The number of hydrogen-bond acceptors (Lipinski definition) is 5. The number of carbonyl (C=O) groups is 2. The zero-order chi connectivity index (χ0) is 16.4. The van der Waals surface area contributed by atoms with Crippen molar-refractivity contribution in [1.29, 1.82) is 0 Å². The van der Waals surface area contributed by atoms with Crippen LogP contribution in [0.1, 0.15) is 31.7 Å². The predicted molar refractivity (Wildman–Crippen MR) is 83.2 cm³/mol. The maximum absolute atomic E-state index is 12.4. The van der Waals surface area contributed by atoms with Crippen LogP contribution in [0.3, 0.4) is 0 Å². The molecule has 0 amide bonds. The topological polar surface area (TPSA) is 102 Å². The first-order valence-corrected chi connectivity index (χ1v) is 7.46. The van der Waals surface area contributed by atoms with Gasteiger partial charge in [-0.1, -0.05) is 37.3 Å². The molecule has 6 nitrogen and oxygen atoms in total. The molecule has 0 aliphatic rings. The summed E-state index contributed by atoms with van der Waals surface area (Å²) < 4.78 is 5.22. The van der Waals surface area contributed by atoms with Crippen molar-refractivity contribution in [2.24, 2.45) is 5.73 Å². The highest BCUT2D eigenvalue weighted by Gasteiger charge is 2.46. The van der Waals surface area contributed by atoms with Gasteiger partial charge in [0.1, 0.15) is 6.61 Å². The Morgan fingerprint density at radius 1 is 1.27 bits per heavy atom. The number of carbonyl (C=O) groups excluding carboxylic acids is 1. The second kappa shape index (κ2) is 9.17. The first-order valence-electron chi connectivity index (χ1n) is 7.46. The van der Waals surface area contributed by atoms with Crippen molar-refractivity contribution in [3.8, 4) is 0 Å². The van der Waals surface area contributed by atoms with Crippen LogP contribution in [0.15, 0.2) is 30.3 Å². The third-order valence-corrected chi connectivity index (χ3v) is 3.41. The molecule has 4 N–H and O–H groups in total. The lowest BCUT2D eigenvalue weighted by molar-refractivity contribution is -0.164. The van der Waals surface area contributed by atoms with E-state index in [1.165, 1.54) is 0 Å². The van der Waals surface area contributed by atoms with Gasteiger partial charge in [0.25, 0.3) is 0 Å². The average molecular weight is 308 g/mol. The third kappa shape index (κ3) is 4.82. The van der Waals surface area contributed by atoms with Crippen molar-refractivity contribution in [2.75, 3.05) is 13.1 Å². The van der Waals surface area contributed by atoms with Crippen LogP contribution in [0.25, 0.3) is 0 Å². The number of aliphatic carboxylic acids is 1. The van der Waals surface area contributed by atoms with Crippen LogP contribution in [0, 0.1) is 0 Å². The number of nitrogens with two attached hydrogens (primary N) is 1. The van der Waals surface area contributed by atoms with Gasteiger partial charge in [-0.15, -0.1) is 0 Å². The molecule has 0 saturated heterocycles. The molecule has 22 heavy (non-hydrogen) atoms. The molecule has 0 spiro atoms. The summed E-state index contributed by atoms with van der Waals surface area (Å²) in [5.41, 5.74) is 4.54. The van der Waals surface area contributed by atoms with E-state index in [0.717, 1.165) is 5.56 Å². The van der Waals surface area contributed by atoms with Gasteiger partial charge in [0, 0.05) is 0 Å². The van der Waals surface area contributed by atoms with Crippen LogP contribution in [0.5, 0.6) is 0 Å². The summed E-state index contributed by atoms with van der Waals surface area (Å²) in [6.45, 7) is 2.62. The zero-order valence-electron chi connectivity index (χ0n) is 12.9. The largest absolute Gasteiger partial charge is 0.479 e. The minimum Gasteiger partial charge on any atom is -0.479 e. The molecule has 0 heterocycles. The lowest BCUT2D eigenvalue weighted by atomic mass is 9.92. The summed E-state index contributed by atoms with van der Waals surface area (Å²) in [4.78, 5) is 24.0. The molecule has 0 aliphatic heterocycles. The van der Waals surface area contributed by atoms with E-state index in [1.54, 1.807) is 6.92 Å². The Morgan fingerprint density at radius 2 is 1.95 bits per heavy atom. The Bertz CT molecular complexity index is 478. The standard InChI is InChI=1S/C16H24N2O4/c1-2-18-16(14(19)20,10-6-7-11-17)15(21)22-12-13-8-4-3-5-9-13/h3-5,8-9,18H,2,6-7,10-12,17H2,1H3,(H,19,20)/t16-/m0/s1. The molecule has 0 radical (unpaired) electrons. The molecule has 1 rings (SSSR count). The van der Waals surface area contributed by atoms with Crippen LogP contribution < -0.4 is 11.1 Å². The molecule has 1 atom stereocenters. The number of likely N-dealkylation sites (N-methyl/N-ethyl adjacent to an activating group) is 1. The molecule has 1 aromatic rings. The van der Waals surface area contributed by atoms with Crippen LogP contribution >= 0.6 is 0 Å². The van der Waals surface area contributed by atoms with Crippen LogP contribution in [-0.2, 0) is 20.9 Å². The molecule has 0 bridgehead atoms. The van der Waals surface area contributed by atoms with E-state index in [-0.39, 0.29) is 13.0 Å². The lowest BCUT2D eigenvalue weighted by Crippen LogP contribution is -2.59. The summed E-state index contributed by atoms with van der Waals surface area (Å²) >= 11 is 0. The van der Waals surface area contributed by atoms with Gasteiger partial charge in [-0.05, 0) is 37.9 Å². The summed E-state index contributed by atoms with van der Waals surface area (Å²) in [6, 6.07) is 9.16. The third-order valence-electron chi connectivity index (χ3n) is 3.41. The first kappa shape index (κ1) is 18.1.